The van der Waals surface area contributed by atoms with E-state index in [-0.39, 0.29) is 5.75 Å². The Morgan fingerprint density at radius 2 is 1.65 bits per heavy atom. The van der Waals surface area contributed by atoms with Gasteiger partial charge in [-0.1, -0.05) is 24.3 Å². The third kappa shape index (κ3) is 2.41. The van der Waals surface area contributed by atoms with Crippen LogP contribution in [0.2, 0.25) is 0 Å². The van der Waals surface area contributed by atoms with Gasteiger partial charge in [0.1, 0.15) is 5.75 Å². The van der Waals surface area contributed by atoms with Gasteiger partial charge in [0, 0.05) is 5.56 Å². The number of halogens is 3. The van der Waals surface area contributed by atoms with E-state index in [0.29, 0.717) is 11.1 Å². The van der Waals surface area contributed by atoms with Crippen molar-refractivity contribution >= 4 is 0 Å². The van der Waals surface area contributed by atoms with Crippen LogP contribution >= 0.6 is 0 Å². The molecule has 87 valence electrons. The topological polar surface area (TPSA) is 20.2 Å². The minimum absolute atomic E-state index is 0.00717. The number of phenols is 1. The number of hydrogen-bond acceptors (Lipinski definition) is 1. The Morgan fingerprint density at radius 1 is 1.00 bits per heavy atom. The number of alkyl halides is 3. The number of phenolic OH excluding ortho intramolecular Hbond substituents is 1. The van der Waals surface area contributed by atoms with Crippen LogP contribution < -0.4 is 0 Å². The molecule has 0 saturated carbocycles. The fraction of sp³-hybridized carbons (Fsp3) is 0.0769. The fourth-order valence-electron chi connectivity index (χ4n) is 1.49. The van der Waals surface area contributed by atoms with Crippen LogP contribution in [0.5, 0.6) is 5.75 Å². The van der Waals surface area contributed by atoms with Gasteiger partial charge in [0.05, 0.1) is 5.56 Å². The number of benzene rings is 2. The standard InChI is InChI=1S/C13H8F3O/c14-13(15,16)10-7-5-9(6-8-10)11-3-1-2-4-12(11)17/h1-2,4-8,17H. The summed E-state index contributed by atoms with van der Waals surface area (Å²) in [5.41, 5.74) is 0.175. The van der Waals surface area contributed by atoms with Crippen LogP contribution in [0.25, 0.3) is 11.1 Å². The first-order valence-electron chi connectivity index (χ1n) is 4.86. The summed E-state index contributed by atoms with van der Waals surface area (Å²) in [5.74, 6) is -0.00717. The largest absolute Gasteiger partial charge is 0.507 e. The summed E-state index contributed by atoms with van der Waals surface area (Å²) < 4.78 is 37.0. The third-order valence-electron chi connectivity index (χ3n) is 2.34. The predicted molar refractivity (Wildman–Crippen MR) is 57.4 cm³/mol. The highest BCUT2D eigenvalue weighted by atomic mass is 19.4. The molecule has 2 aromatic carbocycles. The molecule has 1 nitrogen and oxygen atoms in total. The highest BCUT2D eigenvalue weighted by Gasteiger charge is 2.29. The van der Waals surface area contributed by atoms with Gasteiger partial charge in [-0.05, 0) is 29.8 Å². The van der Waals surface area contributed by atoms with Gasteiger partial charge >= 0.3 is 6.18 Å². The van der Waals surface area contributed by atoms with Crippen LogP contribution in [0.15, 0.2) is 42.5 Å². The molecule has 1 radical (unpaired) electrons. The number of rotatable bonds is 1. The Morgan fingerprint density at radius 3 is 2.18 bits per heavy atom. The molecule has 17 heavy (non-hydrogen) atoms. The first-order chi connectivity index (χ1) is 7.98. The van der Waals surface area contributed by atoms with Crippen molar-refractivity contribution in [1.82, 2.24) is 0 Å². The van der Waals surface area contributed by atoms with Gasteiger partial charge in [0.15, 0.2) is 0 Å². The van der Waals surface area contributed by atoms with Crippen molar-refractivity contribution in [2.75, 3.05) is 0 Å². The monoisotopic (exact) mass is 237 g/mol. The Bertz CT molecular complexity index is 515. The summed E-state index contributed by atoms with van der Waals surface area (Å²) in [6, 6.07) is 12.0. The van der Waals surface area contributed by atoms with E-state index in [4.69, 9.17) is 0 Å². The molecule has 0 aromatic heterocycles. The van der Waals surface area contributed by atoms with Crippen LogP contribution in [-0.2, 0) is 6.18 Å². The second-order valence-corrected chi connectivity index (χ2v) is 3.51. The molecule has 0 heterocycles. The lowest BCUT2D eigenvalue weighted by molar-refractivity contribution is -0.137. The molecule has 2 rings (SSSR count). The molecule has 2 aromatic rings. The summed E-state index contributed by atoms with van der Waals surface area (Å²) in [4.78, 5) is 0. The van der Waals surface area contributed by atoms with E-state index < -0.39 is 11.7 Å². The van der Waals surface area contributed by atoms with Crippen molar-refractivity contribution in [2.45, 2.75) is 6.18 Å². The molecule has 4 heteroatoms. The lowest BCUT2D eigenvalue weighted by atomic mass is 10.0. The van der Waals surface area contributed by atoms with Crippen LogP contribution in [0.4, 0.5) is 13.2 Å². The van der Waals surface area contributed by atoms with E-state index in [1.165, 1.54) is 18.2 Å². The zero-order valence-electron chi connectivity index (χ0n) is 8.62. The van der Waals surface area contributed by atoms with Crippen LogP contribution in [0, 0.1) is 6.07 Å². The maximum absolute atomic E-state index is 12.3. The Kier molecular flexibility index (Phi) is 2.79. The number of aromatic hydroxyl groups is 1. The van der Waals surface area contributed by atoms with Crippen molar-refractivity contribution in [3.8, 4) is 16.9 Å². The minimum Gasteiger partial charge on any atom is -0.507 e. The molecule has 0 saturated heterocycles. The van der Waals surface area contributed by atoms with Gasteiger partial charge in [-0.3, -0.25) is 0 Å². The molecule has 0 atom stereocenters. The average molecular weight is 237 g/mol. The second-order valence-electron chi connectivity index (χ2n) is 3.51. The molecular weight excluding hydrogens is 229 g/mol. The zero-order valence-corrected chi connectivity index (χ0v) is 8.62. The first-order valence-corrected chi connectivity index (χ1v) is 4.86. The first kappa shape index (κ1) is 11.5. The SMILES string of the molecule is Oc1ccc[c]c1-c1ccc(C(F)(F)F)cc1. The van der Waals surface area contributed by atoms with Gasteiger partial charge in [-0.2, -0.15) is 13.2 Å². The van der Waals surface area contributed by atoms with E-state index in [1.807, 2.05) is 0 Å². The zero-order chi connectivity index (χ0) is 12.5. The van der Waals surface area contributed by atoms with Crippen molar-refractivity contribution in [3.63, 3.8) is 0 Å². The number of hydrogen-bond donors (Lipinski definition) is 1. The molecule has 0 spiro atoms. The van der Waals surface area contributed by atoms with Crippen LogP contribution in [-0.4, -0.2) is 5.11 Å². The minimum atomic E-state index is -4.35. The normalized spacial score (nSPS) is 11.5. The van der Waals surface area contributed by atoms with Crippen molar-refractivity contribution < 1.29 is 18.3 Å². The molecule has 0 unspecified atom stereocenters. The van der Waals surface area contributed by atoms with Crippen LogP contribution in [0.3, 0.4) is 0 Å². The van der Waals surface area contributed by atoms with Gasteiger partial charge < -0.3 is 5.11 Å². The Balaban J connectivity index is 2.40. The molecule has 0 aliphatic heterocycles. The van der Waals surface area contributed by atoms with Crippen LogP contribution in [0.1, 0.15) is 5.56 Å². The van der Waals surface area contributed by atoms with E-state index in [0.717, 1.165) is 12.1 Å². The average Bonchev–Trinajstić information content (AvgIpc) is 2.29. The highest BCUT2D eigenvalue weighted by molar-refractivity contribution is 5.69. The molecule has 0 aliphatic carbocycles. The Hall–Kier alpha value is -1.97. The van der Waals surface area contributed by atoms with Crippen molar-refractivity contribution in [1.29, 1.82) is 0 Å². The maximum atomic E-state index is 12.3. The molecule has 0 amide bonds. The van der Waals surface area contributed by atoms with Gasteiger partial charge in [-0.25, -0.2) is 0 Å². The van der Waals surface area contributed by atoms with Gasteiger partial charge in [0.2, 0.25) is 0 Å². The second kappa shape index (κ2) is 4.13. The van der Waals surface area contributed by atoms with E-state index in [2.05, 4.69) is 6.07 Å². The van der Waals surface area contributed by atoms with E-state index in [1.54, 1.807) is 12.1 Å². The predicted octanol–water partition coefficient (Wildman–Crippen LogP) is 3.88. The lowest BCUT2D eigenvalue weighted by Gasteiger charge is -2.08. The smallest absolute Gasteiger partial charge is 0.416 e. The van der Waals surface area contributed by atoms with Gasteiger partial charge in [0.25, 0.3) is 0 Å². The Labute approximate surface area is 96.1 Å². The summed E-state index contributed by atoms with van der Waals surface area (Å²) >= 11 is 0. The van der Waals surface area contributed by atoms with E-state index >= 15 is 0 Å². The maximum Gasteiger partial charge on any atom is 0.416 e. The summed E-state index contributed by atoms with van der Waals surface area (Å²) in [6.07, 6.45) is -4.35. The summed E-state index contributed by atoms with van der Waals surface area (Å²) in [7, 11) is 0. The van der Waals surface area contributed by atoms with Crippen molar-refractivity contribution in [3.05, 3.63) is 54.1 Å². The molecule has 0 fully saturated rings. The molecule has 0 aliphatic rings. The van der Waals surface area contributed by atoms with Gasteiger partial charge in [-0.15, -0.1) is 0 Å². The van der Waals surface area contributed by atoms with E-state index in [9.17, 15) is 18.3 Å². The highest BCUT2D eigenvalue weighted by Crippen LogP contribution is 2.33. The molecule has 1 N–H and O–H groups in total. The fourth-order valence-corrected chi connectivity index (χ4v) is 1.49. The molecule has 0 bridgehead atoms. The van der Waals surface area contributed by atoms with Crippen molar-refractivity contribution in [2.24, 2.45) is 0 Å². The quantitative estimate of drug-likeness (QED) is 0.798. The molecular formula is C13H8F3O. The third-order valence-corrected chi connectivity index (χ3v) is 2.34. The lowest BCUT2D eigenvalue weighted by Crippen LogP contribution is -2.03. The summed E-state index contributed by atoms with van der Waals surface area (Å²) in [5, 5.41) is 9.54. The summed E-state index contributed by atoms with van der Waals surface area (Å²) in [6.45, 7) is 0.